The van der Waals surface area contributed by atoms with Gasteiger partial charge in [0.2, 0.25) is 11.8 Å². The summed E-state index contributed by atoms with van der Waals surface area (Å²) < 4.78 is 5.27. The van der Waals surface area contributed by atoms with Crippen molar-refractivity contribution in [3.63, 3.8) is 0 Å². The second-order valence-corrected chi connectivity index (χ2v) is 4.21. The maximum atomic E-state index is 8.77. The zero-order valence-electron chi connectivity index (χ0n) is 10.5. The number of aliphatic hydroxyl groups is 1. The van der Waals surface area contributed by atoms with E-state index in [1.807, 2.05) is 12.1 Å². The molecule has 0 radical (unpaired) electrons. The molecule has 0 aliphatic carbocycles. The molecule has 0 saturated heterocycles. The second kappa shape index (κ2) is 6.75. The Balaban J connectivity index is 2.26. The van der Waals surface area contributed by atoms with Gasteiger partial charge in [0.15, 0.2) is 0 Å². The van der Waals surface area contributed by atoms with Gasteiger partial charge in [0.05, 0.1) is 12.8 Å². The Morgan fingerprint density at radius 1 is 1.25 bits per heavy atom. The van der Waals surface area contributed by atoms with Gasteiger partial charge in [0.1, 0.15) is 12.2 Å². The van der Waals surface area contributed by atoms with Gasteiger partial charge in [0, 0.05) is 10.6 Å². The van der Waals surface area contributed by atoms with Crippen LogP contribution in [0.25, 0.3) is 0 Å². The van der Waals surface area contributed by atoms with Crippen molar-refractivity contribution in [2.45, 2.75) is 0 Å². The molecule has 102 valence electrons. The van der Waals surface area contributed by atoms with Crippen LogP contribution in [0.1, 0.15) is 11.1 Å². The van der Waals surface area contributed by atoms with Crippen LogP contribution in [-0.4, -0.2) is 28.3 Å². The summed E-state index contributed by atoms with van der Waals surface area (Å²) in [4.78, 5) is 7.82. The number of aliphatic hydroxyl groups excluding tert-OH is 1. The molecule has 1 aromatic carbocycles. The number of hydrogen-bond acceptors (Lipinski definition) is 5. The van der Waals surface area contributed by atoms with E-state index in [9.17, 15) is 0 Å². The standard InChI is InChI=1S/C14H12ClN3O2/c15-12-5-2-10(3-6-12)1-4-11-9-17-14(16)18-13(11)20-8-7-19/h2-3,5-6,9,19H,7-8H2,(H2,16,17,18). The number of nitrogens with two attached hydrogens (primary N) is 1. The summed E-state index contributed by atoms with van der Waals surface area (Å²) >= 11 is 5.80. The molecule has 20 heavy (non-hydrogen) atoms. The number of halogens is 1. The van der Waals surface area contributed by atoms with Crippen LogP contribution in [0.4, 0.5) is 5.95 Å². The molecular weight excluding hydrogens is 278 g/mol. The molecular formula is C14H12ClN3O2. The van der Waals surface area contributed by atoms with Crippen molar-refractivity contribution in [3.05, 3.63) is 46.6 Å². The number of nitrogens with zero attached hydrogens (tertiary/aromatic N) is 2. The van der Waals surface area contributed by atoms with Crippen LogP contribution in [0.5, 0.6) is 5.88 Å². The van der Waals surface area contributed by atoms with E-state index in [1.165, 1.54) is 6.20 Å². The van der Waals surface area contributed by atoms with Crippen molar-refractivity contribution < 1.29 is 9.84 Å². The van der Waals surface area contributed by atoms with Crippen molar-refractivity contribution in [3.8, 4) is 17.7 Å². The number of nitrogen functional groups attached to an aromatic ring is 1. The highest BCUT2D eigenvalue weighted by atomic mass is 35.5. The van der Waals surface area contributed by atoms with Gasteiger partial charge in [-0.3, -0.25) is 0 Å². The highest BCUT2D eigenvalue weighted by molar-refractivity contribution is 6.30. The van der Waals surface area contributed by atoms with Crippen molar-refractivity contribution in [1.29, 1.82) is 0 Å². The minimum atomic E-state index is -0.117. The zero-order valence-corrected chi connectivity index (χ0v) is 11.3. The Hall–Kier alpha value is -2.29. The molecule has 0 aliphatic rings. The number of anilines is 1. The van der Waals surface area contributed by atoms with Gasteiger partial charge >= 0.3 is 0 Å². The first-order valence-electron chi connectivity index (χ1n) is 5.83. The summed E-state index contributed by atoms with van der Waals surface area (Å²) in [6.07, 6.45) is 1.48. The molecule has 5 nitrogen and oxygen atoms in total. The molecule has 0 spiro atoms. The third-order valence-corrected chi connectivity index (χ3v) is 2.54. The van der Waals surface area contributed by atoms with Crippen LogP contribution in [0.3, 0.4) is 0 Å². The molecule has 0 atom stereocenters. The molecule has 1 aromatic heterocycles. The third-order valence-electron chi connectivity index (χ3n) is 2.29. The van der Waals surface area contributed by atoms with Crippen LogP contribution in [0, 0.1) is 11.8 Å². The van der Waals surface area contributed by atoms with Crippen LogP contribution in [-0.2, 0) is 0 Å². The Morgan fingerprint density at radius 2 is 2.00 bits per heavy atom. The van der Waals surface area contributed by atoms with Crippen LogP contribution in [0.15, 0.2) is 30.5 Å². The molecule has 1 heterocycles. The highest BCUT2D eigenvalue weighted by Gasteiger charge is 2.04. The largest absolute Gasteiger partial charge is 0.474 e. The van der Waals surface area contributed by atoms with E-state index in [2.05, 4.69) is 21.8 Å². The first-order chi connectivity index (χ1) is 9.69. The first-order valence-corrected chi connectivity index (χ1v) is 6.20. The van der Waals surface area contributed by atoms with Gasteiger partial charge < -0.3 is 15.6 Å². The molecule has 2 rings (SSSR count). The lowest BCUT2D eigenvalue weighted by Gasteiger charge is -2.05. The number of benzene rings is 1. The molecule has 2 aromatic rings. The normalized spacial score (nSPS) is 9.70. The lowest BCUT2D eigenvalue weighted by atomic mass is 10.2. The van der Waals surface area contributed by atoms with E-state index in [4.69, 9.17) is 27.2 Å². The monoisotopic (exact) mass is 289 g/mol. The molecule has 0 fully saturated rings. The van der Waals surface area contributed by atoms with Crippen molar-refractivity contribution in [2.75, 3.05) is 18.9 Å². The lowest BCUT2D eigenvalue weighted by molar-refractivity contribution is 0.196. The predicted molar refractivity (Wildman–Crippen MR) is 76.5 cm³/mol. The van der Waals surface area contributed by atoms with E-state index in [0.29, 0.717) is 10.6 Å². The maximum Gasteiger partial charge on any atom is 0.234 e. The average Bonchev–Trinajstić information content (AvgIpc) is 2.46. The molecule has 0 amide bonds. The number of hydrogen-bond donors (Lipinski definition) is 2. The van der Waals surface area contributed by atoms with E-state index >= 15 is 0 Å². The number of aromatic nitrogens is 2. The molecule has 0 unspecified atom stereocenters. The highest BCUT2D eigenvalue weighted by Crippen LogP contribution is 2.14. The average molecular weight is 290 g/mol. The van der Waals surface area contributed by atoms with Gasteiger partial charge in [-0.15, -0.1) is 0 Å². The Kier molecular flexibility index (Phi) is 4.77. The summed E-state index contributed by atoms with van der Waals surface area (Å²) in [5.41, 5.74) is 6.80. The number of ether oxygens (including phenoxy) is 1. The Labute approximate surface area is 121 Å². The van der Waals surface area contributed by atoms with E-state index < -0.39 is 0 Å². The fraction of sp³-hybridized carbons (Fsp3) is 0.143. The molecule has 6 heteroatoms. The van der Waals surface area contributed by atoms with Crippen LogP contribution in [0.2, 0.25) is 5.02 Å². The quantitative estimate of drug-likeness (QED) is 0.837. The molecule has 0 bridgehead atoms. The van der Waals surface area contributed by atoms with E-state index in [-0.39, 0.29) is 25.0 Å². The van der Waals surface area contributed by atoms with Gasteiger partial charge in [-0.05, 0) is 24.3 Å². The van der Waals surface area contributed by atoms with Gasteiger partial charge in [-0.2, -0.15) is 4.98 Å². The maximum absolute atomic E-state index is 8.77. The summed E-state index contributed by atoms with van der Waals surface area (Å²) in [5.74, 6) is 6.21. The predicted octanol–water partition coefficient (Wildman–Crippen LogP) is 1.48. The van der Waals surface area contributed by atoms with E-state index in [1.54, 1.807) is 12.1 Å². The molecule has 0 aliphatic heterocycles. The topological polar surface area (TPSA) is 81.3 Å². The third kappa shape index (κ3) is 3.85. The van der Waals surface area contributed by atoms with Crippen molar-refractivity contribution in [1.82, 2.24) is 9.97 Å². The number of rotatable bonds is 3. The summed E-state index contributed by atoms with van der Waals surface area (Å²) in [7, 11) is 0. The minimum absolute atomic E-state index is 0.0926. The molecule has 0 saturated carbocycles. The van der Waals surface area contributed by atoms with Gasteiger partial charge in [0.25, 0.3) is 0 Å². The Morgan fingerprint density at radius 3 is 2.70 bits per heavy atom. The van der Waals surface area contributed by atoms with E-state index in [0.717, 1.165) is 5.56 Å². The SMILES string of the molecule is Nc1ncc(C#Cc2ccc(Cl)cc2)c(OCCO)n1. The summed E-state index contributed by atoms with van der Waals surface area (Å²) in [6.45, 7) is 0.0000385. The fourth-order valence-corrected chi connectivity index (χ4v) is 1.52. The van der Waals surface area contributed by atoms with Crippen molar-refractivity contribution >= 4 is 17.5 Å². The second-order valence-electron chi connectivity index (χ2n) is 3.78. The van der Waals surface area contributed by atoms with Gasteiger partial charge in [-0.25, -0.2) is 4.98 Å². The van der Waals surface area contributed by atoms with Crippen molar-refractivity contribution in [2.24, 2.45) is 0 Å². The van der Waals surface area contributed by atoms with Crippen LogP contribution >= 0.6 is 11.6 Å². The first kappa shape index (κ1) is 14.1. The van der Waals surface area contributed by atoms with Gasteiger partial charge in [-0.1, -0.05) is 23.4 Å². The minimum Gasteiger partial charge on any atom is -0.474 e. The summed E-state index contributed by atoms with van der Waals surface area (Å²) in [5, 5.41) is 9.42. The lowest BCUT2D eigenvalue weighted by Crippen LogP contribution is -2.06. The van der Waals surface area contributed by atoms with Crippen LogP contribution < -0.4 is 10.5 Å². The fourth-order valence-electron chi connectivity index (χ4n) is 1.39. The smallest absolute Gasteiger partial charge is 0.234 e. The summed E-state index contributed by atoms with van der Waals surface area (Å²) in [6, 6.07) is 7.13. The zero-order chi connectivity index (χ0) is 14.4. The Bertz CT molecular complexity index is 648. The molecule has 3 N–H and O–H groups in total.